The van der Waals surface area contributed by atoms with Gasteiger partial charge < -0.3 is 16.0 Å². The summed E-state index contributed by atoms with van der Waals surface area (Å²) in [6.45, 7) is -1.74. The van der Waals surface area contributed by atoms with Crippen molar-refractivity contribution in [3.63, 3.8) is 0 Å². The summed E-state index contributed by atoms with van der Waals surface area (Å²) >= 11 is 0. The minimum Gasteiger partial charge on any atom is -0.347 e. The Kier molecular flexibility index (Phi) is 7.83. The second-order valence-corrected chi connectivity index (χ2v) is 6.88. The first-order valence-electron chi connectivity index (χ1n) is 9.25. The molecule has 9 heteroatoms. The third kappa shape index (κ3) is 7.58. The highest BCUT2D eigenvalue weighted by Crippen LogP contribution is 2.26. The first kappa shape index (κ1) is 21.7. The van der Waals surface area contributed by atoms with Gasteiger partial charge in [-0.1, -0.05) is 31.4 Å². The average molecular weight is 399 g/mol. The van der Waals surface area contributed by atoms with Crippen LogP contribution in [0, 0.1) is 5.92 Å². The third-order valence-corrected chi connectivity index (χ3v) is 4.54. The average Bonchev–Trinajstić information content (AvgIpc) is 2.65. The minimum atomic E-state index is -4.53. The molecule has 0 heterocycles. The number of carbonyl (C=O) groups excluding carboxylic acids is 3. The van der Waals surface area contributed by atoms with E-state index in [9.17, 15) is 27.6 Å². The van der Waals surface area contributed by atoms with Gasteiger partial charge in [-0.05, 0) is 30.9 Å². The number of para-hydroxylation sites is 1. The van der Waals surface area contributed by atoms with Crippen LogP contribution in [0.2, 0.25) is 0 Å². The van der Waals surface area contributed by atoms with Gasteiger partial charge in [0.2, 0.25) is 11.8 Å². The van der Waals surface area contributed by atoms with Gasteiger partial charge in [-0.3, -0.25) is 14.4 Å². The first-order valence-corrected chi connectivity index (χ1v) is 9.25. The van der Waals surface area contributed by atoms with Crippen LogP contribution < -0.4 is 16.0 Å². The van der Waals surface area contributed by atoms with E-state index >= 15 is 0 Å². The zero-order valence-corrected chi connectivity index (χ0v) is 15.4. The SMILES string of the molecule is O=C(CC1CCCCC1)NCC(=O)Nc1ccccc1C(=O)NCC(F)(F)F. The maximum absolute atomic E-state index is 12.3. The zero-order valence-electron chi connectivity index (χ0n) is 15.4. The van der Waals surface area contributed by atoms with Gasteiger partial charge in [-0.2, -0.15) is 13.2 Å². The van der Waals surface area contributed by atoms with Crippen molar-refractivity contribution in [1.29, 1.82) is 0 Å². The second kappa shape index (κ2) is 10.1. The number of alkyl halides is 3. The molecule has 2 rings (SSSR count). The number of anilines is 1. The Morgan fingerprint density at radius 3 is 2.32 bits per heavy atom. The highest BCUT2D eigenvalue weighted by Gasteiger charge is 2.28. The van der Waals surface area contributed by atoms with Gasteiger partial charge >= 0.3 is 6.18 Å². The molecule has 1 saturated carbocycles. The van der Waals surface area contributed by atoms with E-state index in [0.717, 1.165) is 25.7 Å². The predicted octanol–water partition coefficient (Wildman–Crippen LogP) is 3.00. The maximum atomic E-state index is 12.3. The number of halogens is 3. The Hall–Kier alpha value is -2.58. The number of amides is 3. The molecule has 0 atom stereocenters. The lowest BCUT2D eigenvalue weighted by Crippen LogP contribution is -2.36. The fourth-order valence-electron chi connectivity index (χ4n) is 3.16. The molecule has 3 amide bonds. The zero-order chi connectivity index (χ0) is 20.6. The van der Waals surface area contributed by atoms with Crippen molar-refractivity contribution in [2.75, 3.05) is 18.4 Å². The van der Waals surface area contributed by atoms with Crippen molar-refractivity contribution < 1.29 is 27.6 Å². The molecule has 3 N–H and O–H groups in total. The number of nitrogens with one attached hydrogen (secondary N) is 3. The van der Waals surface area contributed by atoms with Crippen molar-refractivity contribution in [3.05, 3.63) is 29.8 Å². The van der Waals surface area contributed by atoms with E-state index < -0.39 is 24.5 Å². The van der Waals surface area contributed by atoms with Crippen molar-refractivity contribution in [2.24, 2.45) is 5.92 Å². The van der Waals surface area contributed by atoms with Crippen LogP contribution in [0.25, 0.3) is 0 Å². The number of hydrogen-bond donors (Lipinski definition) is 3. The molecule has 0 aliphatic heterocycles. The molecule has 28 heavy (non-hydrogen) atoms. The van der Waals surface area contributed by atoms with Crippen LogP contribution >= 0.6 is 0 Å². The smallest absolute Gasteiger partial charge is 0.347 e. The van der Waals surface area contributed by atoms with Crippen LogP contribution in [0.4, 0.5) is 18.9 Å². The van der Waals surface area contributed by atoms with Gasteiger partial charge in [-0.25, -0.2) is 0 Å². The Bertz CT molecular complexity index is 701. The van der Waals surface area contributed by atoms with Gasteiger partial charge in [0.25, 0.3) is 5.91 Å². The molecule has 1 aliphatic rings. The molecular weight excluding hydrogens is 375 g/mol. The Labute approximate surface area is 161 Å². The molecule has 1 aromatic carbocycles. The topological polar surface area (TPSA) is 87.3 Å². The number of benzene rings is 1. The standard InChI is InChI=1S/C19H24F3N3O3/c20-19(21,22)12-24-18(28)14-8-4-5-9-15(14)25-17(27)11-23-16(26)10-13-6-2-1-3-7-13/h4-5,8-9,13H,1-3,6-7,10-12H2,(H,23,26)(H,24,28)(H,25,27). The maximum Gasteiger partial charge on any atom is 0.405 e. The van der Waals surface area contributed by atoms with Crippen LogP contribution in [0.3, 0.4) is 0 Å². The van der Waals surface area contributed by atoms with Crippen LogP contribution in [0.15, 0.2) is 24.3 Å². The van der Waals surface area contributed by atoms with E-state index in [2.05, 4.69) is 10.6 Å². The molecule has 0 saturated heterocycles. The molecule has 0 spiro atoms. The molecular formula is C19H24F3N3O3. The third-order valence-electron chi connectivity index (χ3n) is 4.54. The fraction of sp³-hybridized carbons (Fsp3) is 0.526. The predicted molar refractivity (Wildman–Crippen MR) is 97.7 cm³/mol. The lowest BCUT2D eigenvalue weighted by Gasteiger charge is -2.20. The summed E-state index contributed by atoms with van der Waals surface area (Å²) < 4.78 is 36.8. The Morgan fingerprint density at radius 2 is 1.64 bits per heavy atom. The minimum absolute atomic E-state index is 0.0775. The molecule has 6 nitrogen and oxygen atoms in total. The van der Waals surface area contributed by atoms with Crippen LogP contribution in [-0.4, -0.2) is 37.0 Å². The van der Waals surface area contributed by atoms with Crippen molar-refractivity contribution in [1.82, 2.24) is 10.6 Å². The van der Waals surface area contributed by atoms with E-state index in [1.54, 1.807) is 5.32 Å². The van der Waals surface area contributed by atoms with E-state index in [0.29, 0.717) is 12.3 Å². The summed E-state index contributed by atoms with van der Waals surface area (Å²) in [6, 6.07) is 5.73. The van der Waals surface area contributed by atoms with Crippen molar-refractivity contribution >= 4 is 23.4 Å². The molecule has 154 valence electrons. The Morgan fingerprint density at radius 1 is 0.964 bits per heavy atom. The van der Waals surface area contributed by atoms with Gasteiger partial charge in [0.15, 0.2) is 0 Å². The normalized spacial score (nSPS) is 15.0. The summed E-state index contributed by atoms with van der Waals surface area (Å²) in [5, 5.41) is 6.76. The summed E-state index contributed by atoms with van der Waals surface area (Å²) in [5.74, 6) is -1.38. The summed E-state index contributed by atoms with van der Waals surface area (Å²) in [7, 11) is 0. The van der Waals surface area contributed by atoms with E-state index in [1.165, 1.54) is 30.7 Å². The van der Waals surface area contributed by atoms with Crippen molar-refractivity contribution in [3.8, 4) is 0 Å². The molecule has 0 radical (unpaired) electrons. The van der Waals surface area contributed by atoms with Gasteiger partial charge in [0.05, 0.1) is 17.8 Å². The first-order chi connectivity index (χ1) is 13.2. The second-order valence-electron chi connectivity index (χ2n) is 6.88. The van der Waals surface area contributed by atoms with Crippen LogP contribution in [0.1, 0.15) is 48.9 Å². The number of carbonyl (C=O) groups is 3. The molecule has 0 aromatic heterocycles. The summed E-state index contributed by atoms with van der Waals surface area (Å²) in [4.78, 5) is 36.0. The largest absolute Gasteiger partial charge is 0.405 e. The molecule has 0 unspecified atom stereocenters. The lowest BCUT2D eigenvalue weighted by molar-refractivity contribution is -0.125. The Balaban J connectivity index is 1.84. The summed E-state index contributed by atoms with van der Waals surface area (Å²) in [5.41, 5.74) is -0.0117. The number of hydrogen-bond acceptors (Lipinski definition) is 3. The molecule has 1 fully saturated rings. The van der Waals surface area contributed by atoms with Gasteiger partial charge in [-0.15, -0.1) is 0 Å². The molecule has 1 aliphatic carbocycles. The van der Waals surface area contributed by atoms with E-state index in [1.807, 2.05) is 0 Å². The van der Waals surface area contributed by atoms with E-state index in [-0.39, 0.29) is 23.7 Å². The fourth-order valence-corrected chi connectivity index (χ4v) is 3.16. The van der Waals surface area contributed by atoms with Crippen LogP contribution in [-0.2, 0) is 9.59 Å². The van der Waals surface area contributed by atoms with Gasteiger partial charge in [0.1, 0.15) is 6.54 Å². The molecule has 1 aromatic rings. The summed E-state index contributed by atoms with van der Waals surface area (Å²) in [6.07, 6.45) is 1.30. The van der Waals surface area contributed by atoms with E-state index in [4.69, 9.17) is 0 Å². The highest BCUT2D eigenvalue weighted by molar-refractivity contribution is 6.04. The quantitative estimate of drug-likeness (QED) is 0.659. The number of rotatable bonds is 7. The van der Waals surface area contributed by atoms with Crippen molar-refractivity contribution in [2.45, 2.75) is 44.7 Å². The lowest BCUT2D eigenvalue weighted by atomic mass is 9.87. The monoisotopic (exact) mass is 399 g/mol. The highest BCUT2D eigenvalue weighted by atomic mass is 19.4. The van der Waals surface area contributed by atoms with Gasteiger partial charge in [0, 0.05) is 6.42 Å². The van der Waals surface area contributed by atoms with Crippen LogP contribution in [0.5, 0.6) is 0 Å². The molecule has 0 bridgehead atoms.